The maximum Gasteiger partial charge on any atom is 0.240 e. The summed E-state index contributed by atoms with van der Waals surface area (Å²) in [6.45, 7) is -0.119. The van der Waals surface area contributed by atoms with Gasteiger partial charge in [-0.2, -0.15) is 0 Å². The van der Waals surface area contributed by atoms with Gasteiger partial charge >= 0.3 is 0 Å². The van der Waals surface area contributed by atoms with Gasteiger partial charge in [-0.3, -0.25) is 4.79 Å². The molecule has 2 rings (SSSR count). The van der Waals surface area contributed by atoms with E-state index in [0.29, 0.717) is 0 Å². The van der Waals surface area contributed by atoms with Crippen molar-refractivity contribution < 1.29 is 9.90 Å². The Hall–Kier alpha value is -1.39. The molecule has 1 saturated carbocycles. The summed E-state index contributed by atoms with van der Waals surface area (Å²) in [5.41, 5.74) is 5.98. The lowest BCUT2D eigenvalue weighted by molar-refractivity contribution is -0.124. The predicted octanol–water partition coefficient (Wildman–Crippen LogP) is 0.327. The molecule has 1 atom stereocenters. The van der Waals surface area contributed by atoms with Crippen LogP contribution in [0.25, 0.3) is 0 Å². The first-order chi connectivity index (χ1) is 7.65. The number of hydrogen-bond donors (Lipinski definition) is 3. The molecule has 0 bridgehead atoms. The highest BCUT2D eigenvalue weighted by molar-refractivity contribution is 5.89. The van der Waals surface area contributed by atoms with Crippen molar-refractivity contribution in [3.05, 3.63) is 35.9 Å². The molecule has 0 unspecified atom stereocenters. The lowest BCUT2D eigenvalue weighted by atomic mass is 10.1. The van der Waals surface area contributed by atoms with E-state index in [9.17, 15) is 9.90 Å². The highest BCUT2D eigenvalue weighted by atomic mass is 16.3. The Morgan fingerprint density at radius 2 is 2.06 bits per heavy atom. The first-order valence-electron chi connectivity index (χ1n) is 5.41. The molecule has 1 aromatic rings. The van der Waals surface area contributed by atoms with Crippen molar-refractivity contribution in [1.82, 2.24) is 5.32 Å². The summed E-state index contributed by atoms with van der Waals surface area (Å²) in [6.07, 6.45) is 1.46. The molecule has 0 spiro atoms. The fourth-order valence-corrected chi connectivity index (χ4v) is 1.58. The zero-order chi connectivity index (χ0) is 11.6. The van der Waals surface area contributed by atoms with E-state index in [0.717, 1.165) is 18.4 Å². The van der Waals surface area contributed by atoms with Gasteiger partial charge in [0.05, 0.1) is 18.2 Å². The monoisotopic (exact) mass is 220 g/mol. The third kappa shape index (κ3) is 2.23. The van der Waals surface area contributed by atoms with Gasteiger partial charge in [0.1, 0.15) is 0 Å². The van der Waals surface area contributed by atoms with Gasteiger partial charge in [0.2, 0.25) is 5.91 Å². The Kier molecular flexibility index (Phi) is 2.94. The highest BCUT2D eigenvalue weighted by Crippen LogP contribution is 2.32. The van der Waals surface area contributed by atoms with Crippen LogP contribution in [0.1, 0.15) is 24.4 Å². The van der Waals surface area contributed by atoms with Crippen LogP contribution < -0.4 is 11.1 Å². The lowest BCUT2D eigenvalue weighted by Crippen LogP contribution is -2.45. The number of nitrogens with one attached hydrogen (secondary N) is 1. The summed E-state index contributed by atoms with van der Waals surface area (Å²) in [5, 5.41) is 12.0. The molecule has 4 heteroatoms. The minimum Gasteiger partial charge on any atom is -0.394 e. The third-order valence-electron chi connectivity index (χ3n) is 2.93. The van der Waals surface area contributed by atoms with Crippen LogP contribution in [0.4, 0.5) is 0 Å². The van der Waals surface area contributed by atoms with Gasteiger partial charge in [0.25, 0.3) is 0 Å². The van der Waals surface area contributed by atoms with E-state index < -0.39 is 5.54 Å². The number of hydrogen-bond acceptors (Lipinski definition) is 3. The van der Waals surface area contributed by atoms with Crippen molar-refractivity contribution in [2.24, 2.45) is 5.73 Å². The first kappa shape index (κ1) is 11.1. The highest BCUT2D eigenvalue weighted by Gasteiger charge is 2.46. The number of nitrogens with two attached hydrogens (primary N) is 1. The zero-order valence-corrected chi connectivity index (χ0v) is 9.02. The summed E-state index contributed by atoms with van der Waals surface area (Å²) in [6, 6.07) is 9.02. The topological polar surface area (TPSA) is 75.4 Å². The maximum atomic E-state index is 11.7. The van der Waals surface area contributed by atoms with Crippen LogP contribution in [-0.2, 0) is 4.79 Å². The SMILES string of the molecule is NC1(C(=O)N[C@H](CO)c2ccccc2)CC1. The average Bonchev–Trinajstić information content (AvgIpc) is 3.06. The molecule has 0 aromatic heterocycles. The van der Waals surface area contributed by atoms with E-state index in [2.05, 4.69) is 5.32 Å². The number of aliphatic hydroxyl groups is 1. The number of aliphatic hydroxyl groups excluding tert-OH is 1. The van der Waals surface area contributed by atoms with Crippen LogP contribution >= 0.6 is 0 Å². The van der Waals surface area contributed by atoms with E-state index in [1.807, 2.05) is 30.3 Å². The van der Waals surface area contributed by atoms with Gasteiger partial charge < -0.3 is 16.2 Å². The molecular formula is C12H16N2O2. The standard InChI is InChI=1S/C12H16N2O2/c13-12(6-7-12)11(16)14-10(8-15)9-4-2-1-3-5-9/h1-5,10,15H,6-8,13H2,(H,14,16)/t10-/m1/s1. The van der Waals surface area contributed by atoms with Gasteiger partial charge in [-0.25, -0.2) is 0 Å². The summed E-state index contributed by atoms with van der Waals surface area (Å²) in [5.74, 6) is -0.171. The lowest BCUT2D eigenvalue weighted by Gasteiger charge is -2.19. The van der Waals surface area contributed by atoms with Crippen molar-refractivity contribution in [3.63, 3.8) is 0 Å². The van der Waals surface area contributed by atoms with Crippen LogP contribution in [-0.4, -0.2) is 23.2 Å². The molecule has 1 fully saturated rings. The molecule has 0 radical (unpaired) electrons. The van der Waals surface area contributed by atoms with Gasteiger partial charge in [-0.1, -0.05) is 30.3 Å². The van der Waals surface area contributed by atoms with E-state index >= 15 is 0 Å². The van der Waals surface area contributed by atoms with Crippen LogP contribution in [0.5, 0.6) is 0 Å². The summed E-state index contributed by atoms with van der Waals surface area (Å²) < 4.78 is 0. The van der Waals surface area contributed by atoms with Crippen molar-refractivity contribution >= 4 is 5.91 Å². The van der Waals surface area contributed by atoms with Crippen molar-refractivity contribution in [1.29, 1.82) is 0 Å². The number of carbonyl (C=O) groups excluding carboxylic acids is 1. The first-order valence-corrected chi connectivity index (χ1v) is 5.41. The molecule has 0 aliphatic heterocycles. The smallest absolute Gasteiger partial charge is 0.240 e. The largest absolute Gasteiger partial charge is 0.394 e. The quantitative estimate of drug-likeness (QED) is 0.684. The predicted molar refractivity (Wildman–Crippen MR) is 60.6 cm³/mol. The summed E-state index contributed by atoms with van der Waals surface area (Å²) in [7, 11) is 0. The Balaban J connectivity index is 2.04. The van der Waals surface area contributed by atoms with Crippen molar-refractivity contribution in [3.8, 4) is 0 Å². The van der Waals surface area contributed by atoms with Gasteiger partial charge in [-0.15, -0.1) is 0 Å². The molecule has 1 amide bonds. The van der Waals surface area contributed by atoms with Crippen LogP contribution in [0.2, 0.25) is 0 Å². The molecular weight excluding hydrogens is 204 g/mol. The fraction of sp³-hybridized carbons (Fsp3) is 0.417. The second-order valence-corrected chi connectivity index (χ2v) is 4.28. The van der Waals surface area contributed by atoms with Crippen molar-refractivity contribution in [2.45, 2.75) is 24.4 Å². The molecule has 4 nitrogen and oxygen atoms in total. The molecule has 1 aliphatic rings. The number of rotatable bonds is 4. The van der Waals surface area contributed by atoms with Crippen molar-refractivity contribution in [2.75, 3.05) is 6.61 Å². The fourth-order valence-electron chi connectivity index (χ4n) is 1.58. The Labute approximate surface area is 94.5 Å². The second kappa shape index (κ2) is 4.23. The Morgan fingerprint density at radius 1 is 1.44 bits per heavy atom. The van der Waals surface area contributed by atoms with E-state index in [4.69, 9.17) is 5.73 Å². The number of benzene rings is 1. The van der Waals surface area contributed by atoms with E-state index in [-0.39, 0.29) is 18.6 Å². The molecule has 16 heavy (non-hydrogen) atoms. The molecule has 0 heterocycles. The summed E-state index contributed by atoms with van der Waals surface area (Å²) in [4.78, 5) is 11.7. The molecule has 86 valence electrons. The molecule has 0 saturated heterocycles. The summed E-state index contributed by atoms with van der Waals surface area (Å²) >= 11 is 0. The van der Waals surface area contributed by atoms with Crippen LogP contribution in [0.15, 0.2) is 30.3 Å². The van der Waals surface area contributed by atoms with Gasteiger partial charge in [0.15, 0.2) is 0 Å². The van der Waals surface area contributed by atoms with Gasteiger partial charge in [-0.05, 0) is 18.4 Å². The number of amides is 1. The number of carbonyl (C=O) groups is 1. The van der Waals surface area contributed by atoms with Gasteiger partial charge in [0, 0.05) is 0 Å². The zero-order valence-electron chi connectivity index (χ0n) is 9.02. The molecule has 4 N–H and O–H groups in total. The van der Waals surface area contributed by atoms with Crippen LogP contribution in [0.3, 0.4) is 0 Å². The second-order valence-electron chi connectivity index (χ2n) is 4.28. The van der Waals surface area contributed by atoms with E-state index in [1.54, 1.807) is 0 Å². The minimum absolute atomic E-state index is 0.119. The normalized spacial score (nSPS) is 18.9. The molecule has 1 aliphatic carbocycles. The Morgan fingerprint density at radius 3 is 2.56 bits per heavy atom. The van der Waals surface area contributed by atoms with Crippen LogP contribution in [0, 0.1) is 0 Å². The molecule has 1 aromatic carbocycles. The Bertz CT molecular complexity index is 374. The average molecular weight is 220 g/mol. The minimum atomic E-state index is -0.692. The third-order valence-corrected chi connectivity index (χ3v) is 2.93. The maximum absolute atomic E-state index is 11.7. The van der Waals surface area contributed by atoms with E-state index in [1.165, 1.54) is 0 Å².